The van der Waals surface area contributed by atoms with E-state index in [4.69, 9.17) is 37.4 Å². The Bertz CT molecular complexity index is 1480. The van der Waals surface area contributed by atoms with Crippen LogP contribution in [0.2, 0.25) is 10.0 Å². The molecule has 0 atom stereocenters. The molecule has 1 heterocycles. The first-order valence-electron chi connectivity index (χ1n) is 11.7. The highest BCUT2D eigenvalue weighted by Crippen LogP contribution is 2.39. The number of hydrogen-bond acceptors (Lipinski definition) is 7. The van der Waals surface area contributed by atoms with Crippen molar-refractivity contribution in [2.24, 2.45) is 4.99 Å². The summed E-state index contributed by atoms with van der Waals surface area (Å²) in [4.78, 5) is 31.4. The highest BCUT2D eigenvalue weighted by Gasteiger charge is 2.30. The summed E-state index contributed by atoms with van der Waals surface area (Å²) in [5.41, 5.74) is 2.56. The largest absolute Gasteiger partial charge is 0.493 e. The van der Waals surface area contributed by atoms with Crippen LogP contribution in [0, 0.1) is 0 Å². The van der Waals surface area contributed by atoms with Gasteiger partial charge in [0.2, 0.25) is 0 Å². The molecule has 0 unspecified atom stereocenters. The van der Waals surface area contributed by atoms with Crippen LogP contribution in [-0.2, 0) is 16.1 Å². The van der Waals surface area contributed by atoms with Crippen molar-refractivity contribution in [3.8, 4) is 11.5 Å². The number of amides is 1. The van der Waals surface area contributed by atoms with Crippen molar-refractivity contribution >= 4 is 79.7 Å². The minimum absolute atomic E-state index is 0.189. The molecule has 0 radical (unpaired) electrons. The highest BCUT2D eigenvalue weighted by molar-refractivity contribution is 9.10. The van der Waals surface area contributed by atoms with Gasteiger partial charge in [0.05, 0.1) is 29.9 Å². The summed E-state index contributed by atoms with van der Waals surface area (Å²) in [6.07, 6.45) is 1.77. The van der Waals surface area contributed by atoms with Crippen molar-refractivity contribution in [2.75, 3.05) is 20.8 Å². The molecule has 1 aliphatic rings. The fourth-order valence-electron chi connectivity index (χ4n) is 3.52. The first-order chi connectivity index (χ1) is 18.7. The van der Waals surface area contributed by atoms with Crippen LogP contribution < -0.4 is 9.47 Å². The predicted octanol–water partition coefficient (Wildman–Crippen LogP) is 7.75. The van der Waals surface area contributed by atoms with Crippen LogP contribution in [0.5, 0.6) is 11.5 Å². The first-order valence-corrected chi connectivity index (χ1v) is 14.0. The van der Waals surface area contributed by atoms with Crippen molar-refractivity contribution in [1.29, 1.82) is 0 Å². The lowest BCUT2D eigenvalue weighted by atomic mass is 10.1. The zero-order valence-electron chi connectivity index (χ0n) is 21.2. The number of halogens is 3. The molecule has 39 heavy (non-hydrogen) atoms. The number of thioether (sulfide) groups is 1. The van der Waals surface area contributed by atoms with Crippen molar-refractivity contribution in [3.63, 3.8) is 0 Å². The van der Waals surface area contributed by atoms with Gasteiger partial charge >= 0.3 is 5.97 Å². The molecule has 202 valence electrons. The number of hydrogen-bond donors (Lipinski definition) is 0. The number of benzene rings is 3. The number of aliphatic imine (C=N–C) groups is 1. The average Bonchev–Trinajstić information content (AvgIpc) is 3.17. The Kier molecular flexibility index (Phi) is 9.61. The Balaban J connectivity index is 1.53. The van der Waals surface area contributed by atoms with Crippen LogP contribution in [0.15, 0.2) is 69.0 Å². The number of carbonyl (C=O) groups is 2. The molecule has 0 N–H and O–H groups in total. The average molecular weight is 650 g/mol. The third-order valence-corrected chi connectivity index (χ3v) is 7.91. The number of rotatable bonds is 8. The SMILES string of the molecule is CCOC(=O)c1ccc(N=C2SC(=Cc3cc(OC)c(OCc4ccc(Cl)cc4Cl)cc3Br)C(=O)N2C)cc1. The molecule has 11 heteroatoms. The van der Waals surface area contributed by atoms with Gasteiger partial charge in [-0.05, 0) is 78.9 Å². The van der Waals surface area contributed by atoms with Crippen molar-refractivity contribution in [1.82, 2.24) is 4.90 Å². The summed E-state index contributed by atoms with van der Waals surface area (Å²) in [5.74, 6) is 0.421. The maximum absolute atomic E-state index is 13.0. The Morgan fingerprint density at radius 1 is 1.10 bits per heavy atom. The number of carbonyl (C=O) groups excluding carboxylic acids is 2. The molecule has 3 aromatic rings. The quantitative estimate of drug-likeness (QED) is 0.183. The number of esters is 1. The third kappa shape index (κ3) is 6.97. The summed E-state index contributed by atoms with van der Waals surface area (Å²) >= 11 is 17.1. The van der Waals surface area contributed by atoms with Crippen molar-refractivity contribution < 1.29 is 23.8 Å². The molecule has 0 aromatic heterocycles. The summed E-state index contributed by atoms with van der Waals surface area (Å²) in [7, 11) is 3.21. The molecule has 1 aliphatic heterocycles. The van der Waals surface area contributed by atoms with Crippen LogP contribution in [0.4, 0.5) is 5.69 Å². The standard InChI is InChI=1S/C28H23BrCl2N2O5S/c1-4-37-27(35)16-6-9-20(10-7-16)32-28-33(2)26(34)25(39-28)12-18-11-23(36-3)24(14-21(18)29)38-15-17-5-8-19(30)13-22(17)31/h5-14H,4,15H2,1-3H3. The summed E-state index contributed by atoms with van der Waals surface area (Å²) in [6.45, 7) is 2.28. The van der Waals surface area contributed by atoms with Gasteiger partial charge in [0, 0.05) is 27.1 Å². The molecule has 1 amide bonds. The lowest BCUT2D eigenvalue weighted by Crippen LogP contribution is -2.23. The van der Waals surface area contributed by atoms with Crippen molar-refractivity contribution in [3.05, 3.63) is 90.7 Å². The minimum atomic E-state index is -0.393. The van der Waals surface area contributed by atoms with Crippen LogP contribution in [0.25, 0.3) is 6.08 Å². The van der Waals surface area contributed by atoms with Gasteiger partial charge in [-0.25, -0.2) is 9.79 Å². The molecule has 1 saturated heterocycles. The molecule has 1 fully saturated rings. The zero-order chi connectivity index (χ0) is 28.1. The fourth-order valence-corrected chi connectivity index (χ4v) is 5.40. The molecule has 3 aromatic carbocycles. The summed E-state index contributed by atoms with van der Waals surface area (Å²) in [6, 6.07) is 15.5. The van der Waals surface area contributed by atoms with Gasteiger partial charge in [-0.3, -0.25) is 9.69 Å². The monoisotopic (exact) mass is 648 g/mol. The number of nitrogens with zero attached hydrogens (tertiary/aromatic N) is 2. The van der Waals surface area contributed by atoms with E-state index >= 15 is 0 Å². The number of likely N-dealkylation sites (N-methyl/N-ethyl adjacent to an activating group) is 1. The normalized spacial score (nSPS) is 15.2. The number of amidine groups is 1. The van der Waals surface area contributed by atoms with Crippen LogP contribution in [-0.4, -0.2) is 42.7 Å². The van der Waals surface area contributed by atoms with Crippen LogP contribution in [0.1, 0.15) is 28.4 Å². The molecule has 7 nitrogen and oxygen atoms in total. The van der Waals surface area contributed by atoms with Gasteiger partial charge in [0.15, 0.2) is 16.7 Å². The number of methoxy groups -OCH3 is 1. The maximum atomic E-state index is 13.0. The topological polar surface area (TPSA) is 77.4 Å². The molecular formula is C28H23BrCl2N2O5S. The van der Waals surface area contributed by atoms with Gasteiger partial charge in [-0.15, -0.1) is 0 Å². The Morgan fingerprint density at radius 2 is 1.85 bits per heavy atom. The lowest BCUT2D eigenvalue weighted by Gasteiger charge is -2.14. The summed E-state index contributed by atoms with van der Waals surface area (Å²) in [5, 5.41) is 1.57. The van der Waals surface area contributed by atoms with E-state index in [1.165, 1.54) is 16.7 Å². The second-order valence-corrected chi connectivity index (χ2v) is 10.9. The first kappa shape index (κ1) is 29.0. The highest BCUT2D eigenvalue weighted by atomic mass is 79.9. The smallest absolute Gasteiger partial charge is 0.338 e. The fraction of sp³-hybridized carbons (Fsp3) is 0.179. The van der Waals surface area contributed by atoms with E-state index in [1.807, 2.05) is 0 Å². The van der Waals surface area contributed by atoms with E-state index in [1.54, 1.807) is 81.8 Å². The Morgan fingerprint density at radius 3 is 2.51 bits per heavy atom. The van der Waals surface area contributed by atoms with Gasteiger partial charge in [-0.2, -0.15) is 0 Å². The molecule has 4 rings (SSSR count). The Labute approximate surface area is 248 Å². The van der Waals surface area contributed by atoms with E-state index in [0.717, 1.165) is 11.1 Å². The maximum Gasteiger partial charge on any atom is 0.338 e. The van der Waals surface area contributed by atoms with Crippen molar-refractivity contribution in [2.45, 2.75) is 13.5 Å². The van der Waals surface area contributed by atoms with E-state index in [-0.39, 0.29) is 12.5 Å². The van der Waals surface area contributed by atoms with Gasteiger partial charge in [0.1, 0.15) is 6.61 Å². The van der Waals surface area contributed by atoms with Gasteiger partial charge in [-0.1, -0.05) is 45.2 Å². The Hall–Kier alpha value is -2.98. The molecule has 0 aliphatic carbocycles. The zero-order valence-corrected chi connectivity index (χ0v) is 25.1. The van der Waals surface area contributed by atoms with Gasteiger partial charge in [0.25, 0.3) is 5.91 Å². The number of ether oxygens (including phenoxy) is 3. The van der Waals surface area contributed by atoms with E-state index < -0.39 is 5.97 Å². The van der Waals surface area contributed by atoms with E-state index in [2.05, 4.69) is 20.9 Å². The van der Waals surface area contributed by atoms with E-state index in [9.17, 15) is 9.59 Å². The van der Waals surface area contributed by atoms with E-state index in [0.29, 0.717) is 53.9 Å². The third-order valence-electron chi connectivity index (χ3n) is 5.57. The minimum Gasteiger partial charge on any atom is -0.493 e. The second kappa shape index (κ2) is 12.9. The molecular weight excluding hydrogens is 627 g/mol. The molecule has 0 saturated carbocycles. The van der Waals surface area contributed by atoms with Gasteiger partial charge < -0.3 is 14.2 Å². The van der Waals surface area contributed by atoms with Crippen LogP contribution >= 0.6 is 50.9 Å². The summed E-state index contributed by atoms with van der Waals surface area (Å²) < 4.78 is 17.2. The molecule has 0 bridgehead atoms. The predicted molar refractivity (Wildman–Crippen MR) is 159 cm³/mol. The lowest BCUT2D eigenvalue weighted by molar-refractivity contribution is -0.121. The molecule has 0 spiro atoms. The second-order valence-electron chi connectivity index (χ2n) is 8.19. The van der Waals surface area contributed by atoms with Crippen LogP contribution in [0.3, 0.4) is 0 Å².